The number of hydrogen-bond acceptors (Lipinski definition) is 3. The average molecular weight is 289 g/mol. The summed E-state index contributed by atoms with van der Waals surface area (Å²) >= 11 is 0. The van der Waals surface area contributed by atoms with Crippen molar-refractivity contribution in [2.24, 2.45) is 5.41 Å². The first-order valence-corrected chi connectivity index (χ1v) is 7.45. The lowest BCUT2D eigenvalue weighted by molar-refractivity contribution is 0.0762. The van der Waals surface area contributed by atoms with Crippen LogP contribution in [0.25, 0.3) is 0 Å². The van der Waals surface area contributed by atoms with Crippen LogP contribution in [-0.2, 0) is 5.41 Å². The predicted octanol–water partition coefficient (Wildman–Crippen LogP) is 2.20. The van der Waals surface area contributed by atoms with Crippen molar-refractivity contribution >= 4 is 5.91 Å². The first-order valence-electron chi connectivity index (χ1n) is 7.45. The molecule has 1 unspecified atom stereocenters. The van der Waals surface area contributed by atoms with Crippen LogP contribution >= 0.6 is 0 Å². The molecule has 0 aliphatic carbocycles. The molecular formula is C17H23NO3. The molecule has 0 bridgehead atoms. The summed E-state index contributed by atoms with van der Waals surface area (Å²) in [6.45, 7) is 9.86. The number of benzene rings is 1. The summed E-state index contributed by atoms with van der Waals surface area (Å²) < 4.78 is 5.66. The second kappa shape index (κ2) is 4.47. The van der Waals surface area contributed by atoms with Gasteiger partial charge in [-0.25, -0.2) is 0 Å². The zero-order valence-corrected chi connectivity index (χ0v) is 13.1. The highest BCUT2D eigenvalue weighted by Gasteiger charge is 2.41. The van der Waals surface area contributed by atoms with Gasteiger partial charge < -0.3 is 14.7 Å². The summed E-state index contributed by atoms with van der Waals surface area (Å²) in [5, 5.41) is 10.0. The Balaban J connectivity index is 1.87. The summed E-state index contributed by atoms with van der Waals surface area (Å²) in [6, 6.07) is 5.65. The number of ether oxygens (including phenoxy) is 1. The molecule has 1 saturated heterocycles. The number of hydrogen-bond donors (Lipinski definition) is 1. The molecular weight excluding hydrogens is 266 g/mol. The minimum Gasteiger partial charge on any atom is -0.492 e. The third kappa shape index (κ3) is 2.31. The topological polar surface area (TPSA) is 49.8 Å². The number of nitrogens with zero attached hydrogens (tertiary/aromatic N) is 1. The van der Waals surface area contributed by atoms with Crippen LogP contribution in [0.5, 0.6) is 5.75 Å². The van der Waals surface area contributed by atoms with E-state index >= 15 is 0 Å². The van der Waals surface area contributed by atoms with Crippen LogP contribution in [-0.4, -0.2) is 41.7 Å². The number of amides is 1. The third-order valence-corrected chi connectivity index (χ3v) is 4.73. The van der Waals surface area contributed by atoms with Gasteiger partial charge in [-0.2, -0.15) is 0 Å². The molecule has 0 aromatic heterocycles. The Morgan fingerprint density at radius 2 is 2.05 bits per heavy atom. The van der Waals surface area contributed by atoms with E-state index in [2.05, 4.69) is 13.8 Å². The van der Waals surface area contributed by atoms with E-state index in [1.165, 1.54) is 0 Å². The summed E-state index contributed by atoms with van der Waals surface area (Å²) in [6.07, 6.45) is -0.462. The van der Waals surface area contributed by atoms with Gasteiger partial charge in [0, 0.05) is 35.0 Å². The van der Waals surface area contributed by atoms with E-state index in [9.17, 15) is 9.90 Å². The number of β-amino-alcohol motifs (C(OH)–C–C–N with tert-alkyl or cyclic N) is 1. The molecule has 1 atom stereocenters. The van der Waals surface area contributed by atoms with Crippen molar-refractivity contribution in [1.29, 1.82) is 0 Å². The van der Waals surface area contributed by atoms with E-state index in [-0.39, 0.29) is 16.7 Å². The van der Waals surface area contributed by atoms with Crippen molar-refractivity contribution in [3.05, 3.63) is 29.3 Å². The molecule has 4 nitrogen and oxygen atoms in total. The number of aliphatic hydroxyl groups excluding tert-OH is 1. The van der Waals surface area contributed by atoms with Gasteiger partial charge in [-0.15, -0.1) is 0 Å². The normalized spacial score (nSPS) is 25.6. The maximum atomic E-state index is 12.7. The number of fused-ring (bicyclic) bond motifs is 1. The van der Waals surface area contributed by atoms with E-state index in [0.29, 0.717) is 25.3 Å². The summed E-state index contributed by atoms with van der Waals surface area (Å²) in [5.41, 5.74) is 1.47. The minimum atomic E-state index is -0.462. The van der Waals surface area contributed by atoms with Gasteiger partial charge in [0.05, 0.1) is 12.7 Å². The Bertz CT molecular complexity index is 592. The summed E-state index contributed by atoms with van der Waals surface area (Å²) in [7, 11) is 0. The van der Waals surface area contributed by atoms with Crippen molar-refractivity contribution in [2.45, 2.75) is 39.2 Å². The summed E-state index contributed by atoms with van der Waals surface area (Å²) in [5.74, 6) is 0.864. The van der Waals surface area contributed by atoms with Crippen molar-refractivity contribution in [2.75, 3.05) is 19.7 Å². The standard InChI is InChI=1S/C17H23NO3/c1-16(2)9-18(8-14(16)19)15(20)11-5-6-13-12(7-11)17(3,4)10-21-13/h5-7,14,19H,8-10H2,1-4H3. The number of carbonyl (C=O) groups excluding carboxylic acids is 1. The van der Waals surface area contributed by atoms with Crippen molar-refractivity contribution < 1.29 is 14.6 Å². The lowest BCUT2D eigenvalue weighted by Gasteiger charge is -2.21. The van der Waals surface area contributed by atoms with Crippen LogP contribution < -0.4 is 4.74 Å². The molecule has 0 spiro atoms. The first-order chi connectivity index (χ1) is 9.71. The second-order valence-corrected chi connectivity index (χ2v) is 7.57. The van der Waals surface area contributed by atoms with Crippen LogP contribution in [0, 0.1) is 5.41 Å². The van der Waals surface area contributed by atoms with Gasteiger partial charge in [0.2, 0.25) is 0 Å². The number of carbonyl (C=O) groups is 1. The van der Waals surface area contributed by atoms with E-state index in [0.717, 1.165) is 11.3 Å². The van der Waals surface area contributed by atoms with Crippen LogP contribution in [0.2, 0.25) is 0 Å². The Morgan fingerprint density at radius 3 is 2.67 bits per heavy atom. The van der Waals surface area contributed by atoms with Gasteiger partial charge in [-0.1, -0.05) is 27.7 Å². The monoisotopic (exact) mass is 289 g/mol. The lowest BCUT2D eigenvalue weighted by atomic mass is 9.86. The quantitative estimate of drug-likeness (QED) is 0.862. The SMILES string of the molecule is CC1(C)COc2ccc(C(=O)N3CC(O)C(C)(C)C3)cc21. The van der Waals surface area contributed by atoms with Crippen LogP contribution in [0.1, 0.15) is 43.6 Å². The van der Waals surface area contributed by atoms with Crippen molar-refractivity contribution in [1.82, 2.24) is 4.90 Å². The highest BCUT2D eigenvalue weighted by Crippen LogP contribution is 2.39. The Labute approximate surface area is 125 Å². The Kier molecular flexibility index (Phi) is 3.06. The molecule has 0 radical (unpaired) electrons. The van der Waals surface area contributed by atoms with Gasteiger partial charge in [0.15, 0.2) is 0 Å². The largest absolute Gasteiger partial charge is 0.492 e. The highest BCUT2D eigenvalue weighted by molar-refractivity contribution is 5.95. The second-order valence-electron chi connectivity index (χ2n) is 7.57. The maximum Gasteiger partial charge on any atom is 0.253 e. The third-order valence-electron chi connectivity index (χ3n) is 4.73. The maximum absolute atomic E-state index is 12.7. The van der Waals surface area contributed by atoms with Crippen LogP contribution in [0.4, 0.5) is 0 Å². The molecule has 4 heteroatoms. The minimum absolute atomic E-state index is 0.00914. The molecule has 2 aliphatic rings. The van der Waals surface area contributed by atoms with Gasteiger partial charge in [-0.05, 0) is 18.2 Å². The van der Waals surface area contributed by atoms with E-state index in [1.54, 1.807) is 4.90 Å². The van der Waals surface area contributed by atoms with Gasteiger partial charge >= 0.3 is 0 Å². The zero-order chi connectivity index (χ0) is 15.4. The molecule has 1 N–H and O–H groups in total. The summed E-state index contributed by atoms with van der Waals surface area (Å²) in [4.78, 5) is 14.4. The van der Waals surface area contributed by atoms with Crippen LogP contribution in [0.15, 0.2) is 18.2 Å². The molecule has 1 aromatic rings. The number of aliphatic hydroxyl groups is 1. The molecule has 1 aromatic carbocycles. The van der Waals surface area contributed by atoms with E-state index in [4.69, 9.17) is 4.74 Å². The number of likely N-dealkylation sites (tertiary alicyclic amines) is 1. The fraction of sp³-hybridized carbons (Fsp3) is 0.588. The fourth-order valence-corrected chi connectivity index (χ4v) is 3.11. The molecule has 21 heavy (non-hydrogen) atoms. The Morgan fingerprint density at radius 1 is 1.33 bits per heavy atom. The van der Waals surface area contributed by atoms with Gasteiger partial charge in [-0.3, -0.25) is 4.79 Å². The van der Waals surface area contributed by atoms with E-state index < -0.39 is 6.10 Å². The molecule has 114 valence electrons. The molecule has 3 rings (SSSR count). The van der Waals surface area contributed by atoms with Crippen LogP contribution in [0.3, 0.4) is 0 Å². The number of rotatable bonds is 1. The van der Waals surface area contributed by atoms with Gasteiger partial charge in [0.25, 0.3) is 5.91 Å². The fourth-order valence-electron chi connectivity index (χ4n) is 3.11. The Hall–Kier alpha value is -1.55. The molecule has 1 amide bonds. The molecule has 2 heterocycles. The average Bonchev–Trinajstić information content (AvgIpc) is 2.86. The van der Waals surface area contributed by atoms with Crippen molar-refractivity contribution in [3.63, 3.8) is 0 Å². The highest BCUT2D eigenvalue weighted by atomic mass is 16.5. The van der Waals surface area contributed by atoms with Gasteiger partial charge in [0.1, 0.15) is 5.75 Å². The molecule has 2 aliphatic heterocycles. The smallest absolute Gasteiger partial charge is 0.253 e. The first kappa shape index (κ1) is 14.4. The van der Waals surface area contributed by atoms with E-state index in [1.807, 2.05) is 32.0 Å². The predicted molar refractivity (Wildman–Crippen MR) is 80.7 cm³/mol. The zero-order valence-electron chi connectivity index (χ0n) is 13.1. The molecule has 0 saturated carbocycles. The molecule has 1 fully saturated rings. The van der Waals surface area contributed by atoms with Crippen molar-refractivity contribution in [3.8, 4) is 5.75 Å². The lowest BCUT2D eigenvalue weighted by Crippen LogP contribution is -2.30.